The van der Waals surface area contributed by atoms with E-state index in [1.807, 2.05) is 18.4 Å². The summed E-state index contributed by atoms with van der Waals surface area (Å²) in [6.45, 7) is 6.95. The van der Waals surface area contributed by atoms with E-state index < -0.39 is 0 Å². The minimum absolute atomic E-state index is 0.0903. The zero-order chi connectivity index (χ0) is 19.0. The maximum Gasteiger partial charge on any atom is 0.260 e. The number of nitrogens with one attached hydrogen (secondary N) is 1. The van der Waals surface area contributed by atoms with Crippen LogP contribution in [0, 0.1) is 13.8 Å². The number of hydrogen-bond donors (Lipinski definition) is 1. The van der Waals surface area contributed by atoms with E-state index in [1.54, 1.807) is 17.7 Å². The fraction of sp³-hybridized carbons (Fsp3) is 0.263. The fourth-order valence-electron chi connectivity index (χ4n) is 3.01. The van der Waals surface area contributed by atoms with Gasteiger partial charge in [0.15, 0.2) is 5.16 Å². The Hall–Kier alpha value is -2.45. The molecule has 138 valence electrons. The van der Waals surface area contributed by atoms with Gasteiger partial charge in [0.25, 0.3) is 5.56 Å². The van der Waals surface area contributed by atoms with Crippen molar-refractivity contribution in [2.45, 2.75) is 38.2 Å². The van der Waals surface area contributed by atoms with Gasteiger partial charge in [0.2, 0.25) is 0 Å². The number of nitrogens with zero attached hydrogens (tertiary/aromatic N) is 4. The predicted octanol–water partition coefficient (Wildman–Crippen LogP) is 4.17. The van der Waals surface area contributed by atoms with Crippen molar-refractivity contribution in [3.05, 3.63) is 57.2 Å². The van der Waals surface area contributed by atoms with E-state index in [2.05, 4.69) is 46.4 Å². The summed E-state index contributed by atoms with van der Waals surface area (Å²) in [5.41, 5.74) is 3.14. The second-order valence-corrected chi connectivity index (χ2v) is 8.43. The van der Waals surface area contributed by atoms with Gasteiger partial charge in [-0.25, -0.2) is 4.98 Å². The highest BCUT2D eigenvalue weighted by Crippen LogP contribution is 2.35. The average molecular weight is 398 g/mol. The molecule has 0 radical (unpaired) electrons. The van der Waals surface area contributed by atoms with Crippen LogP contribution in [0.25, 0.3) is 21.3 Å². The van der Waals surface area contributed by atoms with Crippen LogP contribution < -0.4 is 5.56 Å². The number of rotatable bonds is 5. The molecular weight excluding hydrogens is 378 g/mol. The molecule has 3 aromatic heterocycles. The molecule has 0 aliphatic carbocycles. The van der Waals surface area contributed by atoms with Gasteiger partial charge in [0.1, 0.15) is 17.0 Å². The Labute approximate surface area is 164 Å². The monoisotopic (exact) mass is 397 g/mol. The molecule has 3 heterocycles. The third-order valence-corrected chi connectivity index (χ3v) is 6.38. The fourth-order valence-corrected chi connectivity index (χ4v) is 4.92. The summed E-state index contributed by atoms with van der Waals surface area (Å²) in [6.07, 6.45) is 1.71. The number of hydrogen-bond acceptors (Lipinski definition) is 6. The molecule has 27 heavy (non-hydrogen) atoms. The molecule has 0 aliphatic rings. The Bertz CT molecular complexity index is 1160. The first-order chi connectivity index (χ1) is 13.1. The Kier molecular flexibility index (Phi) is 4.84. The lowest BCUT2D eigenvalue weighted by atomic mass is 10.0. The third-order valence-electron chi connectivity index (χ3n) is 4.39. The maximum absolute atomic E-state index is 12.8. The minimum Gasteiger partial charge on any atom is -0.309 e. The van der Waals surface area contributed by atoms with Gasteiger partial charge in [-0.3, -0.25) is 4.79 Å². The van der Waals surface area contributed by atoms with Crippen LogP contribution in [0.15, 0.2) is 40.5 Å². The van der Waals surface area contributed by atoms with Crippen LogP contribution in [0.5, 0.6) is 0 Å². The number of aromatic nitrogens is 5. The Balaban J connectivity index is 1.70. The van der Waals surface area contributed by atoms with Crippen molar-refractivity contribution in [2.24, 2.45) is 0 Å². The lowest BCUT2D eigenvalue weighted by Crippen LogP contribution is -2.11. The quantitative estimate of drug-likeness (QED) is 0.512. The first-order valence-corrected chi connectivity index (χ1v) is 10.5. The van der Waals surface area contributed by atoms with E-state index in [4.69, 9.17) is 4.98 Å². The largest absolute Gasteiger partial charge is 0.309 e. The van der Waals surface area contributed by atoms with Crippen LogP contribution in [0.4, 0.5) is 0 Å². The lowest BCUT2D eigenvalue weighted by Gasteiger charge is -2.04. The summed E-state index contributed by atoms with van der Waals surface area (Å²) in [6, 6.07) is 8.25. The summed E-state index contributed by atoms with van der Waals surface area (Å²) in [5, 5.41) is 9.53. The molecule has 6 nitrogen and oxygen atoms in total. The summed E-state index contributed by atoms with van der Waals surface area (Å²) in [4.78, 5) is 22.4. The highest BCUT2D eigenvalue weighted by Gasteiger charge is 2.17. The minimum atomic E-state index is -0.0903. The maximum atomic E-state index is 12.8. The molecule has 0 aliphatic heterocycles. The SMILES string of the molecule is CCn1cnnc1SCc1nc2sc(C)c(-c3ccc(C)cc3)c2c(=O)[nH]1. The molecule has 1 aromatic carbocycles. The molecule has 0 amide bonds. The van der Waals surface area contributed by atoms with Crippen molar-refractivity contribution >= 4 is 33.3 Å². The van der Waals surface area contributed by atoms with Gasteiger partial charge in [0.05, 0.1) is 11.1 Å². The first-order valence-electron chi connectivity index (χ1n) is 8.66. The second kappa shape index (κ2) is 7.28. The lowest BCUT2D eigenvalue weighted by molar-refractivity contribution is 0.681. The average Bonchev–Trinajstić information content (AvgIpc) is 3.24. The number of benzene rings is 1. The van der Waals surface area contributed by atoms with Crippen LogP contribution in [0.2, 0.25) is 0 Å². The normalized spacial score (nSPS) is 11.4. The van der Waals surface area contributed by atoms with E-state index in [-0.39, 0.29) is 5.56 Å². The molecule has 0 saturated heterocycles. The van der Waals surface area contributed by atoms with Crippen molar-refractivity contribution in [3.63, 3.8) is 0 Å². The molecule has 0 atom stereocenters. The Morgan fingerprint density at radius 3 is 2.74 bits per heavy atom. The van der Waals surface area contributed by atoms with Crippen molar-refractivity contribution in [1.82, 2.24) is 24.7 Å². The van der Waals surface area contributed by atoms with Gasteiger partial charge in [-0.05, 0) is 26.3 Å². The molecule has 0 saturated carbocycles. The van der Waals surface area contributed by atoms with Crippen LogP contribution >= 0.6 is 23.1 Å². The summed E-state index contributed by atoms with van der Waals surface area (Å²) < 4.78 is 1.96. The van der Waals surface area contributed by atoms with Gasteiger partial charge in [-0.15, -0.1) is 21.5 Å². The molecular formula is C19H19N5OS2. The molecule has 0 bridgehead atoms. The summed E-state index contributed by atoms with van der Waals surface area (Å²) in [7, 11) is 0. The Morgan fingerprint density at radius 2 is 2.00 bits per heavy atom. The van der Waals surface area contributed by atoms with E-state index in [1.165, 1.54) is 17.3 Å². The second-order valence-electron chi connectivity index (χ2n) is 6.28. The smallest absolute Gasteiger partial charge is 0.260 e. The van der Waals surface area contributed by atoms with Crippen LogP contribution in [0.1, 0.15) is 23.2 Å². The topological polar surface area (TPSA) is 76.5 Å². The van der Waals surface area contributed by atoms with E-state index in [9.17, 15) is 4.79 Å². The number of aryl methyl sites for hydroxylation is 3. The summed E-state index contributed by atoms with van der Waals surface area (Å²) in [5.74, 6) is 1.19. The van der Waals surface area contributed by atoms with Crippen LogP contribution in [-0.4, -0.2) is 24.7 Å². The standard InChI is InChI=1S/C19H19N5OS2/c1-4-24-10-20-23-19(24)26-9-14-21-17(25)16-15(12(3)27-18(16)22-14)13-7-5-11(2)6-8-13/h5-8,10H,4,9H2,1-3H3,(H,21,22,25). The van der Waals surface area contributed by atoms with Gasteiger partial charge in [-0.1, -0.05) is 41.6 Å². The molecule has 0 fully saturated rings. The number of fused-ring (bicyclic) bond motifs is 1. The number of aromatic amines is 1. The van der Waals surface area contributed by atoms with Gasteiger partial charge >= 0.3 is 0 Å². The van der Waals surface area contributed by atoms with Gasteiger partial charge in [-0.2, -0.15) is 0 Å². The van der Waals surface area contributed by atoms with Crippen molar-refractivity contribution in [1.29, 1.82) is 0 Å². The van der Waals surface area contributed by atoms with E-state index in [0.29, 0.717) is 17.0 Å². The molecule has 4 aromatic rings. The number of H-pyrrole nitrogens is 1. The molecule has 8 heteroatoms. The molecule has 0 spiro atoms. The zero-order valence-electron chi connectivity index (χ0n) is 15.3. The van der Waals surface area contributed by atoms with Crippen LogP contribution in [0.3, 0.4) is 0 Å². The van der Waals surface area contributed by atoms with Crippen molar-refractivity contribution < 1.29 is 0 Å². The summed E-state index contributed by atoms with van der Waals surface area (Å²) >= 11 is 3.08. The zero-order valence-corrected chi connectivity index (χ0v) is 16.9. The Morgan fingerprint density at radius 1 is 1.22 bits per heavy atom. The molecule has 4 rings (SSSR count). The van der Waals surface area contributed by atoms with E-state index >= 15 is 0 Å². The van der Waals surface area contributed by atoms with Crippen molar-refractivity contribution in [2.75, 3.05) is 0 Å². The number of thioether (sulfide) groups is 1. The van der Waals surface area contributed by atoms with Gasteiger partial charge < -0.3 is 9.55 Å². The van der Waals surface area contributed by atoms with Crippen LogP contribution in [-0.2, 0) is 12.3 Å². The highest BCUT2D eigenvalue weighted by molar-refractivity contribution is 7.98. The highest BCUT2D eigenvalue weighted by atomic mass is 32.2. The predicted molar refractivity (Wildman–Crippen MR) is 110 cm³/mol. The number of thiophene rings is 1. The van der Waals surface area contributed by atoms with E-state index in [0.717, 1.165) is 32.5 Å². The third kappa shape index (κ3) is 3.42. The van der Waals surface area contributed by atoms with Gasteiger partial charge in [0, 0.05) is 17.0 Å². The first kappa shape index (κ1) is 17.9. The molecule has 0 unspecified atom stereocenters. The van der Waals surface area contributed by atoms with Crippen molar-refractivity contribution in [3.8, 4) is 11.1 Å². The molecule has 1 N–H and O–H groups in total.